The molecule has 2 aliphatic rings. The van der Waals surface area contributed by atoms with Gasteiger partial charge in [0.25, 0.3) is 0 Å². The van der Waals surface area contributed by atoms with Crippen molar-refractivity contribution in [1.29, 1.82) is 0 Å². The summed E-state index contributed by atoms with van der Waals surface area (Å²) in [7, 11) is -0.474. The van der Waals surface area contributed by atoms with Crippen LogP contribution in [0.1, 0.15) is 94.3 Å². The highest BCUT2D eigenvalue weighted by molar-refractivity contribution is 6.77. The first kappa shape index (κ1) is 33.7. The Labute approximate surface area is 305 Å². The number of benzene rings is 5. The van der Waals surface area contributed by atoms with Gasteiger partial charge < -0.3 is 8.99 Å². The van der Waals surface area contributed by atoms with Crippen LogP contribution in [0.3, 0.4) is 0 Å². The van der Waals surface area contributed by atoms with Crippen molar-refractivity contribution in [3.63, 3.8) is 0 Å². The molecule has 0 saturated carbocycles. The molecule has 5 aromatic carbocycles. The first-order chi connectivity index (χ1) is 24.2. The monoisotopic (exact) mass is 685 g/mol. The molecule has 0 fully saturated rings. The second-order valence-electron chi connectivity index (χ2n) is 17.3. The zero-order chi connectivity index (χ0) is 36.0. The highest BCUT2D eigenvalue weighted by Gasteiger charge is 2.54. The Hall–Kier alpha value is -4.44. The van der Waals surface area contributed by atoms with Crippen molar-refractivity contribution in [3.05, 3.63) is 142 Å². The molecule has 1 aromatic heterocycles. The lowest BCUT2D eigenvalue weighted by atomic mass is 9.86. The summed E-state index contributed by atoms with van der Waals surface area (Å²) < 4.78 is 9.87. The normalized spacial score (nSPS) is 18.5. The zero-order valence-corrected chi connectivity index (χ0v) is 33.0. The van der Waals surface area contributed by atoms with Crippen LogP contribution in [-0.2, 0) is 16.9 Å². The lowest BCUT2D eigenvalue weighted by Gasteiger charge is -2.45. The van der Waals surface area contributed by atoms with E-state index in [9.17, 15) is 0 Å². The smallest absolute Gasteiger partial charge is 0.213 e. The average Bonchev–Trinajstić information content (AvgIpc) is 3.71. The standard InChI is InChI=1S/C48H51NOSi/c1-30-27-40-35(32-21-24-34(25-22-32)47(3,4)5)16-13-18-38(40)45(30)51(10,50-48(6,7)8)46-31(2)28-41-36(17-14-19-39(41)46)33-23-26-44-42(29-33)37-15-11-12-20-43(37)49(44)9/h11-29,45-46H,1-10H3. The van der Waals surface area contributed by atoms with E-state index >= 15 is 0 Å². The molecule has 2 nitrogen and oxygen atoms in total. The minimum absolute atomic E-state index is 0.127. The molecule has 0 N–H and O–H groups in total. The number of hydrogen-bond donors (Lipinski definition) is 0. The molecule has 3 unspecified atom stereocenters. The second-order valence-corrected chi connectivity index (χ2v) is 21.0. The van der Waals surface area contributed by atoms with Gasteiger partial charge in [-0.25, -0.2) is 0 Å². The summed E-state index contributed by atoms with van der Waals surface area (Å²) in [4.78, 5) is 0. The molecule has 6 aromatic rings. The van der Waals surface area contributed by atoms with Crippen LogP contribution in [0.15, 0.2) is 114 Å². The molecule has 3 atom stereocenters. The Balaban J connectivity index is 1.25. The van der Waals surface area contributed by atoms with E-state index in [1.807, 2.05) is 0 Å². The molecule has 0 aliphatic heterocycles. The molecule has 1 heterocycles. The highest BCUT2D eigenvalue weighted by Crippen LogP contribution is 2.55. The predicted molar refractivity (Wildman–Crippen MR) is 222 cm³/mol. The van der Waals surface area contributed by atoms with Crippen LogP contribution in [-0.4, -0.2) is 18.5 Å². The first-order valence-corrected chi connectivity index (χ1v) is 21.1. The topological polar surface area (TPSA) is 14.2 Å². The molecule has 0 radical (unpaired) electrons. The minimum atomic E-state index is -2.65. The Morgan fingerprint density at radius 2 is 1.12 bits per heavy atom. The van der Waals surface area contributed by atoms with Crippen LogP contribution in [0.4, 0.5) is 0 Å². The minimum Gasteiger partial charge on any atom is -0.411 e. The molecular weight excluding hydrogens is 635 g/mol. The van der Waals surface area contributed by atoms with Crippen LogP contribution in [0.5, 0.6) is 0 Å². The van der Waals surface area contributed by atoms with Crippen molar-refractivity contribution in [2.24, 2.45) is 7.05 Å². The number of para-hydroxylation sites is 1. The van der Waals surface area contributed by atoms with Crippen LogP contribution in [0.2, 0.25) is 6.55 Å². The van der Waals surface area contributed by atoms with E-state index in [0.29, 0.717) is 0 Å². The van der Waals surface area contributed by atoms with Crippen molar-refractivity contribution >= 4 is 42.3 Å². The molecule has 51 heavy (non-hydrogen) atoms. The Morgan fingerprint density at radius 3 is 1.69 bits per heavy atom. The Morgan fingerprint density at radius 1 is 0.588 bits per heavy atom. The van der Waals surface area contributed by atoms with Crippen LogP contribution in [0.25, 0.3) is 56.2 Å². The van der Waals surface area contributed by atoms with Gasteiger partial charge in [-0.05, 0) is 115 Å². The molecule has 0 spiro atoms. The van der Waals surface area contributed by atoms with Gasteiger partial charge in [-0.15, -0.1) is 0 Å². The fourth-order valence-corrected chi connectivity index (χ4v) is 15.2. The van der Waals surface area contributed by atoms with Gasteiger partial charge in [0.2, 0.25) is 8.32 Å². The summed E-state index contributed by atoms with van der Waals surface area (Å²) >= 11 is 0. The van der Waals surface area contributed by atoms with E-state index in [2.05, 4.69) is 189 Å². The van der Waals surface area contributed by atoms with Gasteiger partial charge >= 0.3 is 0 Å². The summed E-state index contributed by atoms with van der Waals surface area (Å²) in [5.41, 5.74) is 17.7. The van der Waals surface area contributed by atoms with Gasteiger partial charge in [0.1, 0.15) is 0 Å². The lowest BCUT2D eigenvalue weighted by Crippen LogP contribution is -2.52. The quantitative estimate of drug-likeness (QED) is 0.165. The fraction of sp³-hybridized carbons (Fsp3) is 0.292. The third-order valence-corrected chi connectivity index (χ3v) is 16.4. The van der Waals surface area contributed by atoms with Crippen molar-refractivity contribution in [3.8, 4) is 22.3 Å². The van der Waals surface area contributed by atoms with E-state index in [0.717, 1.165) is 0 Å². The second kappa shape index (κ2) is 11.8. The third-order valence-electron chi connectivity index (χ3n) is 11.5. The molecule has 258 valence electrons. The number of fused-ring (bicyclic) bond motifs is 5. The zero-order valence-electron chi connectivity index (χ0n) is 32.0. The third kappa shape index (κ3) is 5.48. The van der Waals surface area contributed by atoms with Crippen molar-refractivity contribution in [2.75, 3.05) is 0 Å². The number of aromatic nitrogens is 1. The van der Waals surface area contributed by atoms with Crippen LogP contribution >= 0.6 is 0 Å². The van der Waals surface area contributed by atoms with Gasteiger partial charge in [-0.2, -0.15) is 0 Å². The predicted octanol–water partition coefficient (Wildman–Crippen LogP) is 13.1. The SMILES string of the molecule is CC1=Cc2c(-c3ccc(C(C)(C)C)cc3)cccc2C1[Si](C)(OC(C)(C)C)C1C(C)=Cc2c(-c3ccc4c(c3)c3ccccc3n4C)cccc21. The van der Waals surface area contributed by atoms with Gasteiger partial charge in [0.05, 0.1) is 0 Å². The van der Waals surface area contributed by atoms with E-state index in [-0.39, 0.29) is 22.1 Å². The lowest BCUT2D eigenvalue weighted by molar-refractivity contribution is 0.113. The largest absolute Gasteiger partial charge is 0.411 e. The number of allylic oxidation sites excluding steroid dienone is 2. The summed E-state index contributed by atoms with van der Waals surface area (Å²) in [6, 6.07) is 38.9. The van der Waals surface area contributed by atoms with Gasteiger partial charge in [-0.1, -0.05) is 129 Å². The van der Waals surface area contributed by atoms with Crippen LogP contribution < -0.4 is 0 Å². The van der Waals surface area contributed by atoms with Gasteiger partial charge in [0.15, 0.2) is 0 Å². The summed E-state index contributed by atoms with van der Waals surface area (Å²) in [5.74, 6) is 0. The molecular formula is C48H51NOSi. The van der Waals surface area contributed by atoms with Gasteiger partial charge in [-0.3, -0.25) is 0 Å². The summed E-state index contributed by atoms with van der Waals surface area (Å²) in [5, 5.41) is 2.61. The number of nitrogens with zero attached hydrogens (tertiary/aromatic N) is 1. The van der Waals surface area contributed by atoms with E-state index in [4.69, 9.17) is 4.43 Å². The van der Waals surface area contributed by atoms with Crippen LogP contribution in [0, 0.1) is 0 Å². The van der Waals surface area contributed by atoms with Gasteiger partial charge in [0, 0.05) is 45.5 Å². The molecule has 0 amide bonds. The number of aryl methyl sites for hydroxylation is 1. The van der Waals surface area contributed by atoms with E-state index < -0.39 is 8.32 Å². The molecule has 8 rings (SSSR count). The Bertz CT molecular complexity index is 2410. The van der Waals surface area contributed by atoms with Crippen molar-refractivity contribution in [1.82, 2.24) is 4.57 Å². The molecule has 0 saturated heterocycles. The number of hydrogen-bond acceptors (Lipinski definition) is 1. The van der Waals surface area contributed by atoms with Crippen molar-refractivity contribution in [2.45, 2.75) is 84.0 Å². The molecule has 0 bridgehead atoms. The molecule has 3 heteroatoms. The summed E-state index contributed by atoms with van der Waals surface area (Å²) in [6.45, 7) is 20.8. The fourth-order valence-electron chi connectivity index (χ4n) is 9.56. The van der Waals surface area contributed by atoms with E-state index in [1.165, 1.54) is 83.0 Å². The average molecular weight is 686 g/mol. The first-order valence-electron chi connectivity index (χ1n) is 18.6. The maximum absolute atomic E-state index is 7.56. The maximum atomic E-state index is 7.56. The number of rotatable bonds is 5. The summed E-state index contributed by atoms with van der Waals surface area (Å²) in [6.07, 6.45) is 4.94. The highest BCUT2D eigenvalue weighted by atomic mass is 28.4. The van der Waals surface area contributed by atoms with Crippen molar-refractivity contribution < 1.29 is 4.43 Å². The Kier molecular flexibility index (Phi) is 7.79. The molecule has 2 aliphatic carbocycles. The van der Waals surface area contributed by atoms with E-state index in [1.54, 1.807) is 0 Å². The maximum Gasteiger partial charge on any atom is 0.213 e.